The molecule has 0 saturated carbocycles. The number of fused-ring (bicyclic) bond motifs is 1. The van der Waals surface area contributed by atoms with Crippen LogP contribution in [0.2, 0.25) is 0 Å². The van der Waals surface area contributed by atoms with Gasteiger partial charge < -0.3 is 14.8 Å². The molecule has 0 aromatic heterocycles. The highest BCUT2D eigenvalue weighted by molar-refractivity contribution is 6.03. The van der Waals surface area contributed by atoms with E-state index in [4.69, 9.17) is 9.47 Å². The molecule has 0 spiro atoms. The lowest BCUT2D eigenvalue weighted by molar-refractivity contribution is -0.117. The van der Waals surface area contributed by atoms with Crippen LogP contribution in [0.1, 0.15) is 21.5 Å². The number of nitrogens with zero attached hydrogens (tertiary/aromatic N) is 1. The second kappa shape index (κ2) is 10.6. The molecule has 0 unspecified atom stereocenters. The minimum atomic E-state index is -0.561. The highest BCUT2D eigenvalue weighted by Gasteiger charge is 2.14. The summed E-state index contributed by atoms with van der Waals surface area (Å²) < 4.78 is 10.6. The number of carbonyl (C=O) groups is 2. The molecule has 0 saturated heterocycles. The van der Waals surface area contributed by atoms with E-state index in [1.165, 1.54) is 12.3 Å². The van der Waals surface area contributed by atoms with Crippen LogP contribution in [0.4, 0.5) is 0 Å². The molecule has 4 rings (SSSR count). The summed E-state index contributed by atoms with van der Waals surface area (Å²) in [6.07, 6.45) is 6.53. The van der Waals surface area contributed by atoms with Gasteiger partial charge in [-0.05, 0) is 47.5 Å². The fraction of sp³-hybridized carbons (Fsp3) is 0.0385. The minimum absolute atomic E-state index is 0.0545. The molecular weight excluding hydrogens is 418 g/mol. The molecule has 0 radical (unpaired) electrons. The first-order valence-corrected chi connectivity index (χ1v) is 10.2. The van der Waals surface area contributed by atoms with Gasteiger partial charge in [0.15, 0.2) is 11.5 Å². The molecule has 0 fully saturated rings. The maximum atomic E-state index is 12.7. The summed E-state index contributed by atoms with van der Waals surface area (Å²) in [6, 6.07) is 23.6. The van der Waals surface area contributed by atoms with Crippen LogP contribution in [-0.4, -0.2) is 24.8 Å². The molecule has 0 bridgehead atoms. The van der Waals surface area contributed by atoms with E-state index in [-0.39, 0.29) is 12.5 Å². The van der Waals surface area contributed by atoms with Crippen LogP contribution in [0.15, 0.2) is 102 Å². The molecule has 1 heterocycles. The fourth-order valence-corrected chi connectivity index (χ4v) is 3.00. The van der Waals surface area contributed by atoms with E-state index in [2.05, 4.69) is 15.8 Å². The Bertz CT molecular complexity index is 1220. The van der Waals surface area contributed by atoms with Crippen LogP contribution in [0, 0.1) is 0 Å². The van der Waals surface area contributed by atoms with E-state index in [0.29, 0.717) is 17.1 Å². The third-order valence-electron chi connectivity index (χ3n) is 4.66. The summed E-state index contributed by atoms with van der Waals surface area (Å²) in [6.45, 7) is 0.179. The summed E-state index contributed by atoms with van der Waals surface area (Å²) in [4.78, 5) is 25.3. The zero-order valence-corrected chi connectivity index (χ0v) is 17.6. The topological polar surface area (TPSA) is 89.0 Å². The molecule has 3 aromatic rings. The Morgan fingerprint density at radius 2 is 1.58 bits per heavy atom. The Hall–Kier alpha value is -4.65. The van der Waals surface area contributed by atoms with Crippen molar-refractivity contribution in [1.29, 1.82) is 0 Å². The molecule has 0 aliphatic carbocycles. The number of allylic oxidation sites excluding steroid dienone is 2. The lowest BCUT2D eigenvalue weighted by Crippen LogP contribution is -2.32. The Balaban J connectivity index is 1.47. The van der Waals surface area contributed by atoms with Crippen molar-refractivity contribution in [2.45, 2.75) is 0 Å². The summed E-state index contributed by atoms with van der Waals surface area (Å²) in [5, 5.41) is 6.65. The van der Waals surface area contributed by atoms with E-state index >= 15 is 0 Å². The van der Waals surface area contributed by atoms with E-state index in [1.54, 1.807) is 48.5 Å². The SMILES string of the molecule is O=C(N/N=C\c1ccc2c(c1)OCO2)/C(=C/C=C/c1ccccc1)NC(=O)c1ccccc1. The number of nitrogens with one attached hydrogen (secondary N) is 2. The summed E-state index contributed by atoms with van der Waals surface area (Å²) in [5.41, 5.74) is 4.62. The molecule has 164 valence electrons. The van der Waals surface area contributed by atoms with Crippen molar-refractivity contribution >= 4 is 24.1 Å². The second-order valence-electron chi connectivity index (χ2n) is 6.98. The van der Waals surface area contributed by atoms with Crippen molar-refractivity contribution in [1.82, 2.24) is 10.7 Å². The van der Waals surface area contributed by atoms with Crippen molar-refractivity contribution in [3.8, 4) is 11.5 Å². The van der Waals surface area contributed by atoms with E-state index in [0.717, 1.165) is 11.1 Å². The van der Waals surface area contributed by atoms with Crippen LogP contribution in [0.25, 0.3) is 6.08 Å². The first-order valence-electron chi connectivity index (χ1n) is 10.2. The monoisotopic (exact) mass is 439 g/mol. The summed E-state index contributed by atoms with van der Waals surface area (Å²) in [7, 11) is 0. The van der Waals surface area contributed by atoms with Crippen LogP contribution < -0.4 is 20.2 Å². The van der Waals surface area contributed by atoms with Crippen molar-refractivity contribution in [2.75, 3.05) is 6.79 Å². The number of hydrogen-bond acceptors (Lipinski definition) is 5. The Morgan fingerprint density at radius 1 is 0.848 bits per heavy atom. The fourth-order valence-electron chi connectivity index (χ4n) is 3.00. The second-order valence-corrected chi connectivity index (χ2v) is 6.98. The quantitative estimate of drug-likeness (QED) is 0.253. The van der Waals surface area contributed by atoms with Gasteiger partial charge in [0.05, 0.1) is 6.21 Å². The van der Waals surface area contributed by atoms with Crippen molar-refractivity contribution in [3.63, 3.8) is 0 Å². The highest BCUT2D eigenvalue weighted by Crippen LogP contribution is 2.31. The zero-order valence-electron chi connectivity index (χ0n) is 17.6. The maximum absolute atomic E-state index is 12.7. The molecular formula is C26H21N3O4. The predicted molar refractivity (Wildman–Crippen MR) is 126 cm³/mol. The first kappa shape index (κ1) is 21.6. The molecule has 33 heavy (non-hydrogen) atoms. The third-order valence-corrected chi connectivity index (χ3v) is 4.66. The average Bonchev–Trinajstić information content (AvgIpc) is 3.32. The van der Waals surface area contributed by atoms with Crippen LogP contribution in [-0.2, 0) is 4.79 Å². The van der Waals surface area contributed by atoms with Gasteiger partial charge >= 0.3 is 0 Å². The number of amides is 2. The molecule has 2 N–H and O–H groups in total. The molecule has 7 heteroatoms. The van der Waals surface area contributed by atoms with Crippen LogP contribution in [0.3, 0.4) is 0 Å². The number of benzene rings is 3. The van der Waals surface area contributed by atoms with Crippen molar-refractivity contribution < 1.29 is 19.1 Å². The molecule has 1 aliphatic heterocycles. The highest BCUT2D eigenvalue weighted by atomic mass is 16.7. The number of hydrogen-bond donors (Lipinski definition) is 2. The van der Waals surface area contributed by atoms with Gasteiger partial charge in [0.25, 0.3) is 11.8 Å². The Kier molecular flexibility index (Phi) is 6.92. The first-order chi connectivity index (χ1) is 16.2. The van der Waals surface area contributed by atoms with Gasteiger partial charge in [0.1, 0.15) is 5.70 Å². The number of hydrazone groups is 1. The molecule has 7 nitrogen and oxygen atoms in total. The number of rotatable bonds is 7. The van der Waals surface area contributed by atoms with Gasteiger partial charge in [-0.1, -0.05) is 60.7 Å². The lowest BCUT2D eigenvalue weighted by Gasteiger charge is -2.08. The maximum Gasteiger partial charge on any atom is 0.287 e. The van der Waals surface area contributed by atoms with Gasteiger partial charge in [-0.3, -0.25) is 9.59 Å². The summed E-state index contributed by atoms with van der Waals surface area (Å²) in [5.74, 6) is 0.320. The van der Waals surface area contributed by atoms with E-state index in [1.807, 2.05) is 42.5 Å². The van der Waals surface area contributed by atoms with Crippen LogP contribution in [0.5, 0.6) is 11.5 Å². The van der Waals surface area contributed by atoms with Crippen molar-refractivity contribution in [3.05, 3.63) is 113 Å². The minimum Gasteiger partial charge on any atom is -0.454 e. The number of ether oxygens (including phenoxy) is 2. The smallest absolute Gasteiger partial charge is 0.287 e. The van der Waals surface area contributed by atoms with Gasteiger partial charge in [-0.15, -0.1) is 0 Å². The normalized spacial score (nSPS) is 12.8. The van der Waals surface area contributed by atoms with Gasteiger partial charge in [0.2, 0.25) is 6.79 Å². The average molecular weight is 439 g/mol. The molecule has 1 aliphatic rings. The van der Waals surface area contributed by atoms with Gasteiger partial charge in [-0.2, -0.15) is 5.10 Å². The lowest BCUT2D eigenvalue weighted by atomic mass is 10.2. The standard InChI is InChI=1S/C26H21N3O4/c30-25(21-11-5-2-6-12-21)28-22(13-7-10-19-8-3-1-4-9-19)26(31)29-27-17-20-14-15-23-24(16-20)33-18-32-23/h1-17H,18H2,(H,28,30)(H,29,31)/b10-7+,22-13-,27-17-. The number of carbonyl (C=O) groups excluding carboxylic acids is 2. The van der Waals surface area contributed by atoms with Gasteiger partial charge in [-0.25, -0.2) is 5.43 Å². The third kappa shape index (κ3) is 5.95. The molecule has 2 amide bonds. The zero-order chi connectivity index (χ0) is 22.9. The Labute approximate surface area is 191 Å². The predicted octanol–water partition coefficient (Wildman–Crippen LogP) is 3.89. The van der Waals surface area contributed by atoms with Crippen molar-refractivity contribution in [2.24, 2.45) is 5.10 Å². The Morgan fingerprint density at radius 3 is 2.36 bits per heavy atom. The van der Waals surface area contributed by atoms with Crippen LogP contribution >= 0.6 is 0 Å². The van der Waals surface area contributed by atoms with E-state index < -0.39 is 11.8 Å². The molecule has 0 atom stereocenters. The van der Waals surface area contributed by atoms with E-state index in [9.17, 15) is 9.59 Å². The van der Waals surface area contributed by atoms with Gasteiger partial charge in [0, 0.05) is 5.56 Å². The molecule has 3 aromatic carbocycles. The largest absolute Gasteiger partial charge is 0.454 e. The summed E-state index contributed by atoms with van der Waals surface area (Å²) >= 11 is 0.